The van der Waals surface area contributed by atoms with Crippen molar-refractivity contribution in [2.45, 2.75) is 38.5 Å². The fourth-order valence-electron chi connectivity index (χ4n) is 1.07. The van der Waals surface area contributed by atoms with Crippen molar-refractivity contribution in [3.05, 3.63) is 12.2 Å². The van der Waals surface area contributed by atoms with E-state index < -0.39 is 8.07 Å². The van der Waals surface area contributed by atoms with Crippen molar-refractivity contribution < 1.29 is 0 Å². The molecule has 0 rings (SSSR count). The standard InChI is InChI=1S/C9H17NSi/c1-9(6-5-7-10)8-11(2,3)4/h1,5-6,8H2,2-4H3. The summed E-state index contributed by atoms with van der Waals surface area (Å²) in [7, 11) is -0.979. The predicted molar refractivity (Wildman–Crippen MR) is 52.1 cm³/mol. The minimum absolute atomic E-state index is 0.628. The van der Waals surface area contributed by atoms with Gasteiger partial charge in [0.1, 0.15) is 0 Å². The molecule has 0 aliphatic carbocycles. The van der Waals surface area contributed by atoms with E-state index in [-0.39, 0.29) is 0 Å². The molecule has 62 valence electrons. The lowest BCUT2D eigenvalue weighted by Crippen LogP contribution is -2.19. The van der Waals surface area contributed by atoms with Crippen LogP contribution in [0.4, 0.5) is 0 Å². The summed E-state index contributed by atoms with van der Waals surface area (Å²) in [4.78, 5) is 0. The lowest BCUT2D eigenvalue weighted by Gasteiger charge is -2.16. The van der Waals surface area contributed by atoms with Crippen LogP contribution in [0.3, 0.4) is 0 Å². The molecule has 0 saturated heterocycles. The Kier molecular flexibility index (Phi) is 4.13. The lowest BCUT2D eigenvalue weighted by atomic mass is 10.2. The van der Waals surface area contributed by atoms with E-state index in [2.05, 4.69) is 32.3 Å². The molecule has 0 aromatic carbocycles. The number of rotatable bonds is 4. The Balaban J connectivity index is 3.64. The third-order valence-corrected chi connectivity index (χ3v) is 2.93. The first-order valence-corrected chi connectivity index (χ1v) is 7.70. The van der Waals surface area contributed by atoms with Gasteiger partial charge < -0.3 is 0 Å². The molecule has 0 unspecified atom stereocenters. The second-order valence-corrected chi connectivity index (χ2v) is 9.62. The van der Waals surface area contributed by atoms with Crippen LogP contribution in [-0.4, -0.2) is 8.07 Å². The van der Waals surface area contributed by atoms with Crippen LogP contribution in [0.5, 0.6) is 0 Å². The van der Waals surface area contributed by atoms with E-state index in [9.17, 15) is 0 Å². The Morgan fingerprint density at radius 1 is 1.45 bits per heavy atom. The van der Waals surface area contributed by atoms with Gasteiger partial charge in [-0.1, -0.05) is 25.2 Å². The van der Waals surface area contributed by atoms with Gasteiger partial charge in [0.25, 0.3) is 0 Å². The monoisotopic (exact) mass is 167 g/mol. The molecule has 0 aliphatic rings. The average Bonchev–Trinajstić information content (AvgIpc) is 1.79. The minimum atomic E-state index is -0.979. The summed E-state index contributed by atoms with van der Waals surface area (Å²) in [5.41, 5.74) is 1.26. The molecular formula is C9H17NSi. The molecule has 0 saturated carbocycles. The number of hydrogen-bond acceptors (Lipinski definition) is 1. The first kappa shape index (κ1) is 10.4. The van der Waals surface area contributed by atoms with Crippen LogP contribution in [-0.2, 0) is 0 Å². The quantitative estimate of drug-likeness (QED) is 0.466. The van der Waals surface area contributed by atoms with Crippen LogP contribution in [0, 0.1) is 11.3 Å². The van der Waals surface area contributed by atoms with Crippen molar-refractivity contribution in [3.63, 3.8) is 0 Å². The van der Waals surface area contributed by atoms with Gasteiger partial charge in [-0.2, -0.15) is 5.26 Å². The largest absolute Gasteiger partial charge is 0.198 e. The molecule has 11 heavy (non-hydrogen) atoms. The van der Waals surface area contributed by atoms with E-state index in [4.69, 9.17) is 5.26 Å². The number of nitrogens with zero attached hydrogens (tertiary/aromatic N) is 1. The number of allylic oxidation sites excluding steroid dienone is 1. The van der Waals surface area contributed by atoms with E-state index in [1.807, 2.05) is 0 Å². The molecule has 0 heterocycles. The maximum Gasteiger partial charge on any atom is 0.0625 e. The Morgan fingerprint density at radius 3 is 2.36 bits per heavy atom. The van der Waals surface area contributed by atoms with Gasteiger partial charge in [-0.25, -0.2) is 0 Å². The first-order valence-electron chi connectivity index (χ1n) is 3.99. The van der Waals surface area contributed by atoms with Crippen LogP contribution in [0.15, 0.2) is 12.2 Å². The van der Waals surface area contributed by atoms with Crippen molar-refractivity contribution in [1.82, 2.24) is 0 Å². The van der Waals surface area contributed by atoms with E-state index in [1.54, 1.807) is 0 Å². The molecule has 0 radical (unpaired) electrons. The molecule has 0 aromatic rings. The van der Waals surface area contributed by atoms with Crippen molar-refractivity contribution in [2.24, 2.45) is 0 Å². The molecule has 0 aliphatic heterocycles. The van der Waals surface area contributed by atoms with Gasteiger partial charge in [0.05, 0.1) is 6.07 Å². The van der Waals surface area contributed by atoms with E-state index in [1.165, 1.54) is 5.57 Å². The highest BCUT2D eigenvalue weighted by Gasteiger charge is 2.13. The fourth-order valence-corrected chi connectivity index (χ4v) is 2.75. The molecule has 0 N–H and O–H groups in total. The SMILES string of the molecule is C=C(CCC#N)C[Si](C)(C)C. The second-order valence-electron chi connectivity index (χ2n) is 4.15. The smallest absolute Gasteiger partial charge is 0.0625 e. The third kappa shape index (κ3) is 7.34. The highest BCUT2D eigenvalue weighted by atomic mass is 28.3. The van der Waals surface area contributed by atoms with E-state index in [0.29, 0.717) is 6.42 Å². The Bertz CT molecular complexity index is 171. The summed E-state index contributed by atoms with van der Waals surface area (Å²) in [6.07, 6.45) is 1.52. The minimum Gasteiger partial charge on any atom is -0.198 e. The van der Waals surface area contributed by atoms with Crippen LogP contribution >= 0.6 is 0 Å². The molecule has 1 nitrogen and oxygen atoms in total. The van der Waals surface area contributed by atoms with Crippen LogP contribution in [0.2, 0.25) is 25.7 Å². The molecule has 0 spiro atoms. The second kappa shape index (κ2) is 4.35. The van der Waals surface area contributed by atoms with Gasteiger partial charge in [-0.15, -0.1) is 6.58 Å². The van der Waals surface area contributed by atoms with Crippen molar-refractivity contribution in [2.75, 3.05) is 0 Å². The average molecular weight is 167 g/mol. The Labute approximate surface area is 70.7 Å². The van der Waals surface area contributed by atoms with E-state index >= 15 is 0 Å². The summed E-state index contributed by atoms with van der Waals surface area (Å²) < 4.78 is 0. The molecule has 0 bridgehead atoms. The number of hydrogen-bond donors (Lipinski definition) is 0. The van der Waals surface area contributed by atoms with Crippen molar-refractivity contribution in [3.8, 4) is 6.07 Å². The maximum absolute atomic E-state index is 8.33. The highest BCUT2D eigenvalue weighted by Crippen LogP contribution is 2.17. The Morgan fingerprint density at radius 2 is 2.00 bits per heavy atom. The molecule has 2 heteroatoms. The summed E-state index contributed by atoms with van der Waals surface area (Å²) in [6.45, 7) is 10.9. The predicted octanol–water partition coefficient (Wildman–Crippen LogP) is 3.18. The topological polar surface area (TPSA) is 23.8 Å². The summed E-state index contributed by atoms with van der Waals surface area (Å²) >= 11 is 0. The van der Waals surface area contributed by atoms with Gasteiger partial charge in [0.15, 0.2) is 0 Å². The summed E-state index contributed by atoms with van der Waals surface area (Å²) in [5.74, 6) is 0. The normalized spacial score (nSPS) is 10.7. The van der Waals surface area contributed by atoms with E-state index in [0.717, 1.165) is 12.5 Å². The zero-order chi connectivity index (χ0) is 8.91. The zero-order valence-electron chi connectivity index (χ0n) is 7.78. The van der Waals surface area contributed by atoms with Crippen molar-refractivity contribution in [1.29, 1.82) is 5.26 Å². The molecular weight excluding hydrogens is 150 g/mol. The fraction of sp³-hybridized carbons (Fsp3) is 0.667. The van der Waals surface area contributed by atoms with Crippen molar-refractivity contribution >= 4 is 8.07 Å². The Hall–Kier alpha value is -0.553. The summed E-state index contributed by atoms with van der Waals surface area (Å²) in [6, 6.07) is 3.30. The maximum atomic E-state index is 8.33. The molecule has 0 amide bonds. The molecule has 0 atom stereocenters. The molecule has 0 fully saturated rings. The lowest BCUT2D eigenvalue weighted by molar-refractivity contribution is 0.984. The highest BCUT2D eigenvalue weighted by molar-refractivity contribution is 6.76. The summed E-state index contributed by atoms with van der Waals surface area (Å²) in [5, 5.41) is 8.33. The van der Waals surface area contributed by atoms with Crippen LogP contribution in [0.1, 0.15) is 12.8 Å². The van der Waals surface area contributed by atoms with Gasteiger partial charge in [0, 0.05) is 14.5 Å². The molecule has 0 aromatic heterocycles. The van der Waals surface area contributed by atoms with Gasteiger partial charge in [-0.3, -0.25) is 0 Å². The van der Waals surface area contributed by atoms with Gasteiger partial charge in [-0.05, 0) is 12.5 Å². The first-order chi connectivity index (χ1) is 4.95. The number of nitriles is 1. The third-order valence-electron chi connectivity index (χ3n) is 1.37. The zero-order valence-corrected chi connectivity index (χ0v) is 8.78. The van der Waals surface area contributed by atoms with Crippen LogP contribution in [0.25, 0.3) is 0 Å². The van der Waals surface area contributed by atoms with Crippen LogP contribution < -0.4 is 0 Å². The van der Waals surface area contributed by atoms with Gasteiger partial charge in [0.2, 0.25) is 0 Å². The van der Waals surface area contributed by atoms with Gasteiger partial charge >= 0.3 is 0 Å².